The first-order chi connectivity index (χ1) is 22.2. The van der Waals surface area contributed by atoms with Gasteiger partial charge in [-0.3, -0.25) is 0 Å². The molecule has 0 amide bonds. The highest BCUT2D eigenvalue weighted by Crippen LogP contribution is 2.58. The number of fused-ring (bicyclic) bond motifs is 3. The van der Waals surface area contributed by atoms with Crippen LogP contribution < -0.4 is 32.4 Å². The number of hydrogen-bond acceptors (Lipinski definition) is 7. The molecular weight excluding hydrogens is 576 g/mol. The Morgan fingerprint density at radius 3 is 1.52 bits per heavy atom. The zero-order valence-electron chi connectivity index (χ0n) is 24.6. The van der Waals surface area contributed by atoms with Crippen molar-refractivity contribution in [2.75, 3.05) is 22.9 Å². The topological polar surface area (TPSA) is 160 Å². The van der Waals surface area contributed by atoms with Gasteiger partial charge >= 0.3 is 5.97 Å². The second-order valence-electron chi connectivity index (χ2n) is 11.2. The van der Waals surface area contributed by atoms with Gasteiger partial charge in [-0.15, -0.1) is 0 Å². The van der Waals surface area contributed by atoms with E-state index in [1.54, 1.807) is 30.3 Å². The fourth-order valence-electron chi connectivity index (χ4n) is 6.42. The van der Waals surface area contributed by atoms with E-state index >= 15 is 0 Å². The molecule has 0 aromatic heterocycles. The molecule has 0 unspecified atom stereocenters. The number of rotatable bonds is 7. The predicted molar refractivity (Wildman–Crippen MR) is 181 cm³/mol. The van der Waals surface area contributed by atoms with E-state index in [1.807, 2.05) is 91.0 Å². The van der Waals surface area contributed by atoms with E-state index in [1.165, 1.54) is 6.07 Å². The molecule has 0 spiro atoms. The maximum Gasteiger partial charge on any atom is 0.336 e. The summed E-state index contributed by atoms with van der Waals surface area (Å²) in [5, 5.41) is 10.3. The Morgan fingerprint density at radius 1 is 0.522 bits per heavy atom. The Balaban J connectivity index is 1.44. The minimum absolute atomic E-state index is 0.117. The van der Waals surface area contributed by atoms with Gasteiger partial charge in [0.2, 0.25) is 0 Å². The van der Waals surface area contributed by atoms with Gasteiger partial charge in [0, 0.05) is 40.4 Å². The first-order valence-corrected chi connectivity index (χ1v) is 14.6. The monoisotopic (exact) mass is 606 g/mol. The molecule has 8 nitrogen and oxygen atoms in total. The van der Waals surface area contributed by atoms with E-state index in [9.17, 15) is 9.90 Å². The molecule has 0 aliphatic heterocycles. The van der Waals surface area contributed by atoms with Crippen molar-refractivity contribution in [1.82, 2.24) is 0 Å². The molecule has 226 valence electrons. The highest BCUT2D eigenvalue weighted by atomic mass is 16.5. The molecular formula is C38H30N4O4. The Hall–Kier alpha value is -6.41. The number of carbonyl (C=O) groups is 1. The van der Waals surface area contributed by atoms with Crippen LogP contribution in [0.2, 0.25) is 0 Å². The van der Waals surface area contributed by atoms with Crippen LogP contribution in [0, 0.1) is 0 Å². The van der Waals surface area contributed by atoms with Crippen molar-refractivity contribution in [3.63, 3.8) is 0 Å². The second kappa shape index (κ2) is 10.9. The largest absolute Gasteiger partial charge is 0.478 e. The molecule has 0 bridgehead atoms. The van der Waals surface area contributed by atoms with Crippen LogP contribution in [0.25, 0.3) is 11.1 Å². The van der Waals surface area contributed by atoms with Crippen LogP contribution in [-0.4, -0.2) is 11.1 Å². The molecule has 1 aliphatic rings. The van der Waals surface area contributed by atoms with E-state index in [4.69, 9.17) is 32.4 Å². The summed E-state index contributed by atoms with van der Waals surface area (Å²) in [5.41, 5.74) is 30.6. The lowest BCUT2D eigenvalue weighted by molar-refractivity contribution is 0.0697. The highest BCUT2D eigenvalue weighted by molar-refractivity contribution is 6.03. The van der Waals surface area contributed by atoms with Crippen LogP contribution in [0.5, 0.6) is 23.0 Å². The summed E-state index contributed by atoms with van der Waals surface area (Å²) in [6.07, 6.45) is 0. The van der Waals surface area contributed by atoms with Crippen molar-refractivity contribution in [3.8, 4) is 34.1 Å². The normalized spacial score (nSPS) is 12.6. The molecule has 1 aliphatic carbocycles. The molecule has 0 radical (unpaired) electrons. The first-order valence-electron chi connectivity index (χ1n) is 14.6. The fourth-order valence-corrected chi connectivity index (χ4v) is 6.42. The summed E-state index contributed by atoms with van der Waals surface area (Å²) in [7, 11) is 0. The van der Waals surface area contributed by atoms with Gasteiger partial charge in [0.25, 0.3) is 0 Å². The van der Waals surface area contributed by atoms with Crippen molar-refractivity contribution >= 4 is 28.7 Å². The molecule has 0 heterocycles. The number of anilines is 4. The minimum Gasteiger partial charge on any atom is -0.478 e. The van der Waals surface area contributed by atoms with Gasteiger partial charge in [0.15, 0.2) is 0 Å². The van der Waals surface area contributed by atoms with Gasteiger partial charge in [-0.05, 0) is 101 Å². The molecule has 0 saturated carbocycles. The van der Waals surface area contributed by atoms with Gasteiger partial charge in [0.05, 0.1) is 11.0 Å². The molecule has 7 rings (SSSR count). The summed E-state index contributed by atoms with van der Waals surface area (Å²) >= 11 is 0. The lowest BCUT2D eigenvalue weighted by Crippen LogP contribution is -2.29. The number of carboxylic acids is 1. The van der Waals surface area contributed by atoms with Crippen LogP contribution in [-0.2, 0) is 5.41 Å². The van der Waals surface area contributed by atoms with Crippen LogP contribution in [0.15, 0.2) is 127 Å². The fraction of sp³-hybridized carbons (Fsp3) is 0.0263. The van der Waals surface area contributed by atoms with Crippen molar-refractivity contribution in [1.29, 1.82) is 0 Å². The second-order valence-corrected chi connectivity index (χ2v) is 11.2. The Morgan fingerprint density at radius 2 is 1.02 bits per heavy atom. The third-order valence-electron chi connectivity index (χ3n) is 8.27. The Kier molecular flexibility index (Phi) is 6.75. The molecule has 8 heteroatoms. The van der Waals surface area contributed by atoms with Crippen molar-refractivity contribution < 1.29 is 19.4 Å². The van der Waals surface area contributed by atoms with Gasteiger partial charge in [0.1, 0.15) is 23.0 Å². The van der Waals surface area contributed by atoms with E-state index in [0.717, 1.165) is 27.8 Å². The number of aromatic carboxylic acids is 1. The van der Waals surface area contributed by atoms with E-state index in [0.29, 0.717) is 51.3 Å². The number of nitrogen functional groups attached to an aromatic ring is 4. The minimum atomic E-state index is -1.07. The van der Waals surface area contributed by atoms with Crippen molar-refractivity contribution in [3.05, 3.63) is 155 Å². The van der Waals surface area contributed by atoms with Gasteiger partial charge < -0.3 is 37.5 Å². The summed E-state index contributed by atoms with van der Waals surface area (Å²) in [4.78, 5) is 12.6. The lowest BCUT2D eigenvalue weighted by atomic mass is 9.67. The third-order valence-corrected chi connectivity index (χ3v) is 8.27. The van der Waals surface area contributed by atoms with Crippen LogP contribution in [0.4, 0.5) is 22.7 Å². The quantitative estimate of drug-likeness (QED) is 0.116. The van der Waals surface area contributed by atoms with Crippen LogP contribution in [0.1, 0.15) is 32.6 Å². The summed E-state index contributed by atoms with van der Waals surface area (Å²) in [6, 6.07) is 38.8. The highest BCUT2D eigenvalue weighted by Gasteiger charge is 2.48. The molecule has 9 N–H and O–H groups in total. The average Bonchev–Trinajstić information content (AvgIpc) is 3.31. The molecule has 0 fully saturated rings. The average molecular weight is 607 g/mol. The molecule has 6 aromatic rings. The van der Waals surface area contributed by atoms with Crippen molar-refractivity contribution in [2.45, 2.75) is 5.41 Å². The van der Waals surface area contributed by atoms with Crippen LogP contribution >= 0.6 is 0 Å². The van der Waals surface area contributed by atoms with Crippen LogP contribution in [0.3, 0.4) is 0 Å². The number of benzene rings is 6. The standard InChI is InChI=1S/C38H30N4O4/c39-24-3-1-5-30(17-24)45-28-12-7-22(8-13-28)38(23-9-14-29(15-10-23)46-31-6-2-4-25(40)18-31)34-20-26(41)11-16-32(34)36-33(37(43)44)19-27(42)21-35(36)38/h1-21H,39-42H2,(H,43,44). The zero-order valence-corrected chi connectivity index (χ0v) is 24.6. The van der Waals surface area contributed by atoms with E-state index in [2.05, 4.69) is 0 Å². The third kappa shape index (κ3) is 4.78. The number of carboxylic acid groups (broad SMARTS) is 1. The zero-order chi connectivity index (χ0) is 32.0. The number of hydrogen-bond donors (Lipinski definition) is 5. The maximum absolute atomic E-state index is 12.6. The van der Waals surface area contributed by atoms with Gasteiger partial charge in [-0.1, -0.05) is 42.5 Å². The Labute approximate surface area is 265 Å². The van der Waals surface area contributed by atoms with Gasteiger partial charge in [-0.2, -0.15) is 0 Å². The lowest BCUT2D eigenvalue weighted by Gasteiger charge is -2.34. The smallest absolute Gasteiger partial charge is 0.336 e. The predicted octanol–water partition coefficient (Wildman–Crippen LogP) is 7.66. The van der Waals surface area contributed by atoms with E-state index in [-0.39, 0.29) is 5.56 Å². The number of ether oxygens (including phenoxy) is 2. The molecule has 0 atom stereocenters. The number of nitrogens with two attached hydrogens (primary N) is 4. The molecule has 6 aromatic carbocycles. The first kappa shape index (κ1) is 28.4. The SMILES string of the molecule is Nc1cccc(Oc2ccc(C3(c4ccc(Oc5cccc(N)c5)cc4)c4cc(N)ccc4-c4c(C(=O)O)cc(N)cc43)cc2)c1. The van der Waals surface area contributed by atoms with Crippen molar-refractivity contribution in [2.24, 2.45) is 0 Å². The molecule has 46 heavy (non-hydrogen) atoms. The maximum atomic E-state index is 12.6. The Bertz CT molecular complexity index is 2030. The summed E-state index contributed by atoms with van der Waals surface area (Å²) in [6.45, 7) is 0. The summed E-state index contributed by atoms with van der Waals surface area (Å²) in [5.74, 6) is 1.38. The molecule has 0 saturated heterocycles. The summed E-state index contributed by atoms with van der Waals surface area (Å²) < 4.78 is 12.2. The van der Waals surface area contributed by atoms with Gasteiger partial charge in [-0.25, -0.2) is 4.79 Å². The van der Waals surface area contributed by atoms with E-state index < -0.39 is 11.4 Å².